The Balaban J connectivity index is 2.31. The van der Waals surface area contributed by atoms with Crippen molar-refractivity contribution in [2.24, 2.45) is 0 Å². The van der Waals surface area contributed by atoms with E-state index >= 15 is 0 Å². The van der Waals surface area contributed by atoms with Crippen molar-refractivity contribution < 1.29 is 14.0 Å². The van der Waals surface area contributed by atoms with E-state index in [1.54, 1.807) is 31.2 Å². The van der Waals surface area contributed by atoms with Gasteiger partial charge in [0.25, 0.3) is 11.5 Å². The molecule has 3 N–H and O–H groups in total. The molecule has 34 heavy (non-hydrogen) atoms. The third kappa shape index (κ3) is 7.00. The number of thiazole rings is 1. The van der Waals surface area contributed by atoms with E-state index in [2.05, 4.69) is 16.0 Å². The number of nitrogens with one attached hydrogen (secondary N) is 3. The van der Waals surface area contributed by atoms with E-state index in [4.69, 9.17) is 0 Å². The summed E-state index contributed by atoms with van der Waals surface area (Å²) < 4.78 is 14.2. The summed E-state index contributed by atoms with van der Waals surface area (Å²) in [5.41, 5.74) is 0.654. The zero-order chi connectivity index (χ0) is 25.1. The van der Waals surface area contributed by atoms with Gasteiger partial charge in [0.15, 0.2) is 5.57 Å². The Morgan fingerprint density at radius 1 is 1.24 bits per heavy atom. The fourth-order valence-corrected chi connectivity index (χ4v) is 4.21. The highest BCUT2D eigenvalue weighted by Gasteiger charge is 2.15. The van der Waals surface area contributed by atoms with E-state index < -0.39 is 12.6 Å². The summed E-state index contributed by atoms with van der Waals surface area (Å²) >= 11 is 0.994. The summed E-state index contributed by atoms with van der Waals surface area (Å²) in [6, 6.07) is 8.87. The molecule has 2 amide bonds. The number of anilines is 2. The van der Waals surface area contributed by atoms with E-state index in [1.807, 2.05) is 24.8 Å². The molecule has 0 aliphatic carbocycles. The molecule has 0 fully saturated rings. The molecule has 1 aromatic heterocycles. The van der Waals surface area contributed by atoms with Gasteiger partial charge in [-0.2, -0.15) is 5.26 Å². The van der Waals surface area contributed by atoms with Crippen LogP contribution in [0.25, 0.3) is 11.8 Å². The van der Waals surface area contributed by atoms with Gasteiger partial charge in [-0.15, -0.1) is 11.3 Å². The zero-order valence-corrected chi connectivity index (χ0v) is 20.3. The van der Waals surface area contributed by atoms with Gasteiger partial charge >= 0.3 is 0 Å². The van der Waals surface area contributed by atoms with Gasteiger partial charge in [-0.25, -0.2) is 4.39 Å². The number of nitriles is 1. The number of rotatable bonds is 11. The summed E-state index contributed by atoms with van der Waals surface area (Å²) in [7, 11) is 0. The summed E-state index contributed by atoms with van der Waals surface area (Å²) in [5.74, 6) is -0.847. The Bertz CT molecular complexity index is 1230. The predicted molar refractivity (Wildman–Crippen MR) is 132 cm³/mol. The first-order valence-corrected chi connectivity index (χ1v) is 11.8. The minimum Gasteiger partial charge on any atom is -0.360 e. The number of nitrogens with zero attached hydrogens (tertiary/aromatic N) is 3. The lowest BCUT2D eigenvalue weighted by atomic mass is 10.2. The monoisotopic (exact) mass is 488 g/mol. The van der Waals surface area contributed by atoms with E-state index in [1.165, 1.54) is 10.8 Å². The molecule has 0 bridgehead atoms. The number of halogens is 1. The predicted octanol–water partition coefficient (Wildman–Crippen LogP) is 0.820. The van der Waals surface area contributed by atoms with Gasteiger partial charge in [0, 0.05) is 30.7 Å². The molecular weight excluding hydrogens is 459 g/mol. The van der Waals surface area contributed by atoms with E-state index in [0.717, 1.165) is 24.4 Å². The van der Waals surface area contributed by atoms with Crippen LogP contribution in [0.4, 0.5) is 15.8 Å². The molecule has 1 aromatic carbocycles. The van der Waals surface area contributed by atoms with Crippen LogP contribution in [0.1, 0.15) is 20.8 Å². The first-order chi connectivity index (χ1) is 16.4. The maximum absolute atomic E-state index is 12.8. The second-order valence-electron chi connectivity index (χ2n) is 7.13. The Kier molecular flexibility index (Phi) is 10.4. The molecule has 1 heterocycles. The Morgan fingerprint density at radius 3 is 2.56 bits per heavy atom. The largest absolute Gasteiger partial charge is 0.360 e. The summed E-state index contributed by atoms with van der Waals surface area (Å²) in [5, 5.41) is 17.7. The number of aromatic nitrogens is 1. The number of carbonyl (C=O) groups is 2. The topological polar surface area (TPSA) is 119 Å². The SMILES string of the molecule is CCN(CC)CC(=O)Nc1cccc(N/C=c2/s/c(=C(/C#N)C(=O)NCCF)n(CC)c2=O)c1. The number of hydrogen-bond donors (Lipinski definition) is 3. The van der Waals surface area contributed by atoms with Gasteiger partial charge in [-0.1, -0.05) is 19.9 Å². The highest BCUT2D eigenvalue weighted by molar-refractivity contribution is 7.07. The zero-order valence-electron chi connectivity index (χ0n) is 19.5. The fourth-order valence-electron chi connectivity index (χ4n) is 3.12. The lowest BCUT2D eigenvalue weighted by Gasteiger charge is -2.17. The van der Waals surface area contributed by atoms with Crippen molar-refractivity contribution in [2.45, 2.75) is 27.3 Å². The van der Waals surface area contributed by atoms with Crippen LogP contribution in [0.5, 0.6) is 0 Å². The molecule has 0 unspecified atom stereocenters. The van der Waals surface area contributed by atoms with Gasteiger partial charge in [0.2, 0.25) is 5.91 Å². The van der Waals surface area contributed by atoms with Gasteiger partial charge in [0.05, 0.1) is 6.54 Å². The van der Waals surface area contributed by atoms with Crippen LogP contribution >= 0.6 is 11.3 Å². The van der Waals surface area contributed by atoms with Crippen molar-refractivity contribution in [2.75, 3.05) is 43.5 Å². The number of hydrogen-bond acceptors (Lipinski definition) is 7. The van der Waals surface area contributed by atoms with Crippen molar-refractivity contribution in [3.8, 4) is 6.07 Å². The summed E-state index contributed by atoms with van der Waals surface area (Å²) in [6.07, 6.45) is 1.49. The third-order valence-electron chi connectivity index (χ3n) is 4.93. The maximum atomic E-state index is 12.8. The molecule has 0 radical (unpaired) electrons. The Hall–Kier alpha value is -3.49. The first kappa shape index (κ1) is 26.8. The summed E-state index contributed by atoms with van der Waals surface area (Å²) in [6.45, 7) is 6.86. The fraction of sp³-hybridized carbons (Fsp3) is 0.391. The van der Waals surface area contributed by atoms with Gasteiger partial charge in [0.1, 0.15) is 21.9 Å². The lowest BCUT2D eigenvalue weighted by Crippen LogP contribution is -2.35. The van der Waals surface area contributed by atoms with Crippen molar-refractivity contribution in [3.05, 3.63) is 43.8 Å². The number of benzene rings is 1. The lowest BCUT2D eigenvalue weighted by molar-refractivity contribution is -0.117. The molecule has 0 saturated heterocycles. The van der Waals surface area contributed by atoms with Crippen molar-refractivity contribution >= 4 is 46.3 Å². The van der Waals surface area contributed by atoms with Crippen LogP contribution in [0, 0.1) is 11.3 Å². The first-order valence-electron chi connectivity index (χ1n) is 11.0. The van der Waals surface area contributed by atoms with E-state index in [-0.39, 0.29) is 34.8 Å². The van der Waals surface area contributed by atoms with E-state index in [9.17, 15) is 24.0 Å². The molecule has 0 saturated carbocycles. The average molecular weight is 489 g/mol. The minimum absolute atomic E-state index is 0.121. The van der Waals surface area contributed by atoms with Gasteiger partial charge < -0.3 is 16.0 Å². The molecule has 11 heteroatoms. The van der Waals surface area contributed by atoms with Crippen molar-refractivity contribution in [1.29, 1.82) is 5.26 Å². The molecule has 9 nitrogen and oxygen atoms in total. The van der Waals surface area contributed by atoms with Crippen LogP contribution in [0.15, 0.2) is 29.1 Å². The van der Waals surface area contributed by atoms with Crippen LogP contribution in [0.3, 0.4) is 0 Å². The summed E-state index contributed by atoms with van der Waals surface area (Å²) in [4.78, 5) is 39.3. The van der Waals surface area contributed by atoms with Crippen molar-refractivity contribution in [1.82, 2.24) is 14.8 Å². The Labute approximate surface area is 201 Å². The number of alkyl halides is 1. The van der Waals surface area contributed by atoms with Crippen LogP contribution in [-0.4, -0.2) is 54.1 Å². The van der Waals surface area contributed by atoms with Crippen LogP contribution < -0.4 is 30.7 Å². The molecule has 0 aliphatic rings. The van der Waals surface area contributed by atoms with Crippen LogP contribution in [0.2, 0.25) is 0 Å². The second-order valence-corrected chi connectivity index (χ2v) is 8.16. The van der Waals surface area contributed by atoms with Gasteiger partial charge in [-0.05, 0) is 38.2 Å². The molecule has 0 aliphatic heterocycles. The second kappa shape index (κ2) is 13.3. The normalized spacial score (nSPS) is 12.3. The molecule has 0 atom stereocenters. The highest BCUT2D eigenvalue weighted by Crippen LogP contribution is 2.15. The minimum atomic E-state index is -0.757. The third-order valence-corrected chi connectivity index (χ3v) is 6.06. The number of carbonyl (C=O) groups excluding carboxylic acids is 2. The highest BCUT2D eigenvalue weighted by atomic mass is 32.1. The molecule has 182 valence electrons. The quantitative estimate of drug-likeness (QED) is 0.431. The number of amides is 2. The molecule has 2 rings (SSSR count). The van der Waals surface area contributed by atoms with Crippen molar-refractivity contribution in [3.63, 3.8) is 0 Å². The molecular formula is C23H29FN6O3S. The average Bonchev–Trinajstić information content (AvgIpc) is 3.15. The smallest absolute Gasteiger partial charge is 0.270 e. The van der Waals surface area contributed by atoms with E-state index in [0.29, 0.717) is 22.5 Å². The number of likely N-dealkylation sites (N-methyl/N-ethyl adjacent to an activating group) is 1. The Morgan fingerprint density at radius 2 is 1.94 bits per heavy atom. The molecule has 2 aromatic rings. The van der Waals surface area contributed by atoms with Crippen LogP contribution in [-0.2, 0) is 16.1 Å². The standard InChI is InChI=1S/C23H29FN6O3S/c1-4-29(5-2)15-20(31)28-17-9-7-8-16(12-17)27-14-19-22(33)30(6-3)23(34-19)18(13-25)21(32)26-11-10-24/h7-9,12,14,27H,4-6,10-11,15H2,1-3H3,(H,26,32)(H,28,31)/b19-14+,23-18-. The molecule has 0 spiro atoms. The van der Waals surface area contributed by atoms with Gasteiger partial charge in [-0.3, -0.25) is 23.9 Å². The maximum Gasteiger partial charge on any atom is 0.270 e.